The molecule has 0 aromatic carbocycles. The maximum Gasteiger partial charge on any atom is 0.390 e. The first kappa shape index (κ1) is 12.8. The van der Waals surface area contributed by atoms with Crippen molar-refractivity contribution >= 4 is 5.91 Å². The predicted molar refractivity (Wildman–Crippen MR) is 43.1 cm³/mol. The van der Waals surface area contributed by atoms with Crippen LogP contribution >= 0.6 is 0 Å². The summed E-state index contributed by atoms with van der Waals surface area (Å²) in [5, 5.41) is 10.5. The Labute approximate surface area is 79.9 Å². The first-order chi connectivity index (χ1) is 6.40. The van der Waals surface area contributed by atoms with Crippen molar-refractivity contribution < 1.29 is 18.0 Å². The van der Waals surface area contributed by atoms with E-state index < -0.39 is 31.0 Å². The molecule has 1 amide bonds. The second-order valence-electron chi connectivity index (χ2n) is 2.75. The van der Waals surface area contributed by atoms with Crippen LogP contribution in [0.15, 0.2) is 0 Å². The van der Waals surface area contributed by atoms with E-state index in [4.69, 9.17) is 5.26 Å². The van der Waals surface area contributed by atoms with Gasteiger partial charge in [-0.1, -0.05) is 6.92 Å². The lowest BCUT2D eigenvalue weighted by atomic mass is 10.1. The van der Waals surface area contributed by atoms with Crippen molar-refractivity contribution in [1.82, 2.24) is 5.32 Å². The van der Waals surface area contributed by atoms with Crippen LogP contribution in [0.25, 0.3) is 0 Å². The van der Waals surface area contributed by atoms with Crippen molar-refractivity contribution in [3.8, 4) is 6.07 Å². The van der Waals surface area contributed by atoms with Crippen LogP contribution in [0, 0.1) is 17.2 Å². The number of nitrogens with zero attached hydrogens (tertiary/aromatic N) is 1. The van der Waals surface area contributed by atoms with Gasteiger partial charge in [-0.3, -0.25) is 4.79 Å². The summed E-state index contributed by atoms with van der Waals surface area (Å²) in [5.74, 6) is -1.50. The van der Waals surface area contributed by atoms with E-state index >= 15 is 0 Å². The van der Waals surface area contributed by atoms with E-state index in [9.17, 15) is 18.0 Å². The maximum atomic E-state index is 11.7. The number of nitrogens with one attached hydrogen (secondary N) is 1. The lowest BCUT2D eigenvalue weighted by Crippen LogP contribution is -2.32. The molecular weight excluding hydrogens is 197 g/mol. The molecule has 1 unspecified atom stereocenters. The number of carbonyl (C=O) groups is 1. The lowest BCUT2D eigenvalue weighted by molar-refractivity contribution is -0.136. The van der Waals surface area contributed by atoms with Gasteiger partial charge in [0.25, 0.3) is 0 Å². The predicted octanol–water partition coefficient (Wildman–Crippen LogP) is 1.60. The molecule has 0 radical (unpaired) electrons. The van der Waals surface area contributed by atoms with Crippen molar-refractivity contribution in [2.45, 2.75) is 25.9 Å². The first-order valence-electron chi connectivity index (χ1n) is 4.14. The van der Waals surface area contributed by atoms with Gasteiger partial charge >= 0.3 is 6.18 Å². The minimum atomic E-state index is -4.28. The summed E-state index contributed by atoms with van der Waals surface area (Å²) in [4.78, 5) is 11.0. The van der Waals surface area contributed by atoms with Gasteiger partial charge in [0, 0.05) is 6.54 Å². The Morgan fingerprint density at radius 2 is 2.14 bits per heavy atom. The Morgan fingerprint density at radius 1 is 1.57 bits per heavy atom. The van der Waals surface area contributed by atoms with E-state index in [0.29, 0.717) is 6.42 Å². The first-order valence-corrected chi connectivity index (χ1v) is 4.14. The van der Waals surface area contributed by atoms with Crippen LogP contribution in [0.2, 0.25) is 0 Å². The average molecular weight is 208 g/mol. The van der Waals surface area contributed by atoms with E-state index in [1.54, 1.807) is 13.0 Å². The highest BCUT2D eigenvalue weighted by Gasteiger charge is 2.27. The van der Waals surface area contributed by atoms with Gasteiger partial charge in [0.1, 0.15) is 5.92 Å². The number of alkyl halides is 3. The minimum Gasteiger partial charge on any atom is -0.355 e. The molecule has 6 heteroatoms. The summed E-state index contributed by atoms with van der Waals surface area (Å²) in [6.07, 6.45) is -5.05. The number of rotatable bonds is 4. The molecule has 0 fully saturated rings. The number of carbonyl (C=O) groups excluding carboxylic acids is 1. The van der Waals surface area contributed by atoms with Crippen LogP contribution in [-0.4, -0.2) is 18.6 Å². The van der Waals surface area contributed by atoms with Crippen molar-refractivity contribution in [3.05, 3.63) is 0 Å². The van der Waals surface area contributed by atoms with E-state index in [-0.39, 0.29) is 0 Å². The summed E-state index contributed by atoms with van der Waals surface area (Å²) >= 11 is 0. The van der Waals surface area contributed by atoms with Crippen molar-refractivity contribution in [1.29, 1.82) is 5.26 Å². The third kappa shape index (κ3) is 5.41. The quantitative estimate of drug-likeness (QED) is 0.762. The third-order valence-corrected chi connectivity index (χ3v) is 1.59. The van der Waals surface area contributed by atoms with Gasteiger partial charge in [-0.15, -0.1) is 0 Å². The molecule has 1 atom stereocenters. The standard InChI is InChI=1S/C8H11F3N2O/c1-2-6(5-12)7(14)13-4-3-8(9,10)11/h6H,2-4H2,1H3,(H,13,14). The number of halogens is 3. The lowest BCUT2D eigenvalue weighted by Gasteiger charge is -2.09. The summed E-state index contributed by atoms with van der Waals surface area (Å²) in [5.41, 5.74) is 0. The van der Waals surface area contributed by atoms with Gasteiger partial charge in [-0.2, -0.15) is 18.4 Å². The fourth-order valence-corrected chi connectivity index (χ4v) is 0.786. The Bertz CT molecular complexity index is 232. The second kappa shape index (κ2) is 5.47. The molecule has 0 saturated carbocycles. The molecule has 0 spiro atoms. The molecule has 0 aliphatic rings. The monoisotopic (exact) mass is 208 g/mol. The highest BCUT2D eigenvalue weighted by atomic mass is 19.4. The number of hydrogen-bond donors (Lipinski definition) is 1. The Kier molecular flexibility index (Phi) is 4.99. The Morgan fingerprint density at radius 3 is 2.50 bits per heavy atom. The van der Waals surface area contributed by atoms with E-state index in [1.165, 1.54) is 0 Å². The summed E-state index contributed by atoms with van der Waals surface area (Å²) < 4.78 is 35.0. The number of nitriles is 1. The SMILES string of the molecule is CCC(C#N)C(=O)NCCC(F)(F)F. The van der Waals surface area contributed by atoms with Crippen LogP contribution in [0.1, 0.15) is 19.8 Å². The van der Waals surface area contributed by atoms with E-state index in [0.717, 1.165) is 0 Å². The molecule has 0 bridgehead atoms. The normalized spacial score (nSPS) is 13.1. The van der Waals surface area contributed by atoms with Gasteiger partial charge < -0.3 is 5.32 Å². The van der Waals surface area contributed by atoms with Gasteiger partial charge in [-0.25, -0.2) is 0 Å². The fourth-order valence-electron chi connectivity index (χ4n) is 0.786. The van der Waals surface area contributed by atoms with Gasteiger partial charge in [0.15, 0.2) is 0 Å². The van der Waals surface area contributed by atoms with Gasteiger partial charge in [0.2, 0.25) is 5.91 Å². The third-order valence-electron chi connectivity index (χ3n) is 1.59. The Hall–Kier alpha value is -1.25. The smallest absolute Gasteiger partial charge is 0.355 e. The molecule has 0 saturated heterocycles. The zero-order valence-corrected chi connectivity index (χ0v) is 7.69. The van der Waals surface area contributed by atoms with Crippen molar-refractivity contribution in [2.24, 2.45) is 5.92 Å². The van der Waals surface area contributed by atoms with Crippen molar-refractivity contribution in [3.63, 3.8) is 0 Å². The zero-order chi connectivity index (χ0) is 11.2. The Balaban J connectivity index is 3.81. The second-order valence-corrected chi connectivity index (χ2v) is 2.75. The molecule has 14 heavy (non-hydrogen) atoms. The summed E-state index contributed by atoms with van der Waals surface area (Å²) in [7, 11) is 0. The van der Waals surface area contributed by atoms with Gasteiger partial charge in [-0.05, 0) is 6.42 Å². The highest BCUT2D eigenvalue weighted by molar-refractivity contribution is 5.80. The highest BCUT2D eigenvalue weighted by Crippen LogP contribution is 2.18. The molecule has 1 N–H and O–H groups in total. The van der Waals surface area contributed by atoms with Crippen LogP contribution in [-0.2, 0) is 4.79 Å². The van der Waals surface area contributed by atoms with E-state index in [2.05, 4.69) is 5.32 Å². The maximum absolute atomic E-state index is 11.7. The largest absolute Gasteiger partial charge is 0.390 e. The molecule has 0 aliphatic carbocycles. The molecule has 0 aromatic rings. The van der Waals surface area contributed by atoms with Crippen LogP contribution in [0.5, 0.6) is 0 Å². The number of amides is 1. The molecule has 0 heterocycles. The summed E-state index contributed by atoms with van der Waals surface area (Å²) in [6.45, 7) is 1.15. The molecule has 3 nitrogen and oxygen atoms in total. The molecular formula is C8H11F3N2O. The minimum absolute atomic E-state index is 0.300. The van der Waals surface area contributed by atoms with Crippen LogP contribution < -0.4 is 5.32 Å². The molecule has 0 rings (SSSR count). The van der Waals surface area contributed by atoms with Crippen LogP contribution in [0.4, 0.5) is 13.2 Å². The van der Waals surface area contributed by atoms with Gasteiger partial charge in [0.05, 0.1) is 12.5 Å². The molecule has 0 aliphatic heterocycles. The fraction of sp³-hybridized carbons (Fsp3) is 0.750. The molecule has 80 valence electrons. The summed E-state index contributed by atoms with van der Waals surface area (Å²) in [6, 6.07) is 1.71. The number of hydrogen-bond acceptors (Lipinski definition) is 2. The topological polar surface area (TPSA) is 52.9 Å². The van der Waals surface area contributed by atoms with Crippen LogP contribution in [0.3, 0.4) is 0 Å². The van der Waals surface area contributed by atoms with E-state index in [1.807, 2.05) is 0 Å². The average Bonchev–Trinajstić information content (AvgIpc) is 2.04. The van der Waals surface area contributed by atoms with Crippen molar-refractivity contribution in [2.75, 3.05) is 6.54 Å². The molecule has 0 aromatic heterocycles. The zero-order valence-electron chi connectivity index (χ0n) is 7.69.